The lowest BCUT2D eigenvalue weighted by molar-refractivity contribution is -0.122. The molecule has 0 aliphatic carbocycles. The van der Waals surface area contributed by atoms with Crippen LogP contribution in [0.25, 0.3) is 22.0 Å². The average molecular weight is 590 g/mol. The Morgan fingerprint density at radius 3 is 2.16 bits per heavy atom. The number of nitrogens with zero attached hydrogens (tertiary/aromatic N) is 5. The van der Waals surface area contributed by atoms with E-state index in [2.05, 4.69) is 72.4 Å². The van der Waals surface area contributed by atoms with Crippen molar-refractivity contribution in [1.29, 1.82) is 0 Å². The maximum absolute atomic E-state index is 8.52. The maximum atomic E-state index is 8.52. The van der Waals surface area contributed by atoms with E-state index in [9.17, 15) is 0 Å². The number of hydrogen-bond donors (Lipinski definition) is 2. The van der Waals surface area contributed by atoms with Gasteiger partial charge in [0.2, 0.25) is 5.95 Å². The summed E-state index contributed by atoms with van der Waals surface area (Å²) in [6, 6.07) is 11.3. The third kappa shape index (κ3) is 8.33. The normalized spacial score (nSPS) is 12.4. The van der Waals surface area contributed by atoms with Gasteiger partial charge in [-0.3, -0.25) is 4.79 Å². The molecule has 0 saturated carbocycles. The molecule has 43 heavy (non-hydrogen) atoms. The standard InChI is InChI=1S/C29H35N5O.C4H10O.CH2O2/c1-7-24-21(4)27-28-25(26(24)22-10-8-19(2)9-11-22)16-20(3)33(28)12-13-34(27)29-30-17-23(18-31-29)35-15-14-32(5)6;1-4(2,3)5;2-1-3/h8-11,16-18H,7,12-15H2,1-6H3;5H,1-3H3;1H,(H,2,3). The Kier molecular flexibility index (Phi) is 11.3. The summed E-state index contributed by atoms with van der Waals surface area (Å²) in [5.41, 5.74) is 9.94. The second-order valence-corrected chi connectivity index (χ2v) is 12.0. The fraction of sp³-hybridized carbons (Fsp3) is 0.441. The van der Waals surface area contributed by atoms with Gasteiger partial charge >= 0.3 is 0 Å². The van der Waals surface area contributed by atoms with E-state index < -0.39 is 5.60 Å². The van der Waals surface area contributed by atoms with Crippen LogP contribution in [-0.4, -0.2) is 75.5 Å². The zero-order valence-electron chi connectivity index (χ0n) is 27.1. The SMILES string of the molecule is CC(C)(C)O.CCc1c(C)c2c3c(cc(C)n3CCN2c2ncc(OCCN(C)C)cn2)c1-c1ccc(C)cc1.O=CO. The number of ether oxygens (including phenoxy) is 1. The highest BCUT2D eigenvalue weighted by molar-refractivity contribution is 6.07. The van der Waals surface area contributed by atoms with Gasteiger partial charge in [-0.1, -0.05) is 36.8 Å². The number of carboxylic acid groups (broad SMARTS) is 1. The van der Waals surface area contributed by atoms with Crippen molar-refractivity contribution in [3.05, 3.63) is 65.1 Å². The number of hydrogen-bond acceptors (Lipinski definition) is 7. The van der Waals surface area contributed by atoms with Crippen molar-refractivity contribution >= 4 is 29.0 Å². The predicted molar refractivity (Wildman–Crippen MR) is 175 cm³/mol. The van der Waals surface area contributed by atoms with Gasteiger partial charge in [0.15, 0.2) is 5.75 Å². The van der Waals surface area contributed by atoms with Gasteiger partial charge in [0.25, 0.3) is 6.47 Å². The third-order valence-corrected chi connectivity index (χ3v) is 7.08. The van der Waals surface area contributed by atoms with Gasteiger partial charge in [0, 0.05) is 30.7 Å². The highest BCUT2D eigenvalue weighted by Crippen LogP contribution is 2.46. The van der Waals surface area contributed by atoms with Crippen molar-refractivity contribution in [3.63, 3.8) is 0 Å². The van der Waals surface area contributed by atoms with Crippen LogP contribution < -0.4 is 9.64 Å². The number of anilines is 2. The summed E-state index contributed by atoms with van der Waals surface area (Å²) in [6.45, 7) is 17.1. The van der Waals surface area contributed by atoms with Gasteiger partial charge in [-0.05, 0) is 90.4 Å². The summed E-state index contributed by atoms with van der Waals surface area (Å²) < 4.78 is 8.28. The lowest BCUT2D eigenvalue weighted by atomic mass is 9.89. The summed E-state index contributed by atoms with van der Waals surface area (Å²) in [6.07, 6.45) is 4.56. The molecule has 9 heteroatoms. The molecule has 4 aromatic rings. The van der Waals surface area contributed by atoms with Crippen molar-refractivity contribution in [1.82, 2.24) is 19.4 Å². The fourth-order valence-electron chi connectivity index (χ4n) is 5.28. The Labute approximate surface area is 255 Å². The minimum Gasteiger partial charge on any atom is -0.489 e. The van der Waals surface area contributed by atoms with Crippen LogP contribution in [0.3, 0.4) is 0 Å². The second kappa shape index (κ2) is 14.5. The number of aromatic nitrogens is 3. The van der Waals surface area contributed by atoms with E-state index in [1.165, 1.54) is 50.1 Å². The lowest BCUT2D eigenvalue weighted by Crippen LogP contribution is -2.30. The number of aliphatic hydroxyl groups is 1. The van der Waals surface area contributed by atoms with E-state index in [-0.39, 0.29) is 6.47 Å². The second-order valence-electron chi connectivity index (χ2n) is 12.0. The van der Waals surface area contributed by atoms with Gasteiger partial charge in [-0.15, -0.1) is 0 Å². The smallest absolute Gasteiger partial charge is 0.290 e. The van der Waals surface area contributed by atoms with Gasteiger partial charge < -0.3 is 29.3 Å². The number of carbonyl (C=O) groups is 1. The monoisotopic (exact) mass is 589 g/mol. The van der Waals surface area contributed by atoms with Crippen LogP contribution in [0.5, 0.6) is 5.75 Å². The predicted octanol–water partition coefficient (Wildman–Crippen LogP) is 6.16. The summed E-state index contributed by atoms with van der Waals surface area (Å²) in [7, 11) is 4.07. The van der Waals surface area contributed by atoms with Crippen molar-refractivity contribution in [2.75, 3.05) is 38.7 Å². The summed E-state index contributed by atoms with van der Waals surface area (Å²) in [4.78, 5) is 22.2. The Balaban J connectivity index is 0.000000566. The van der Waals surface area contributed by atoms with E-state index in [0.29, 0.717) is 12.4 Å². The highest BCUT2D eigenvalue weighted by Gasteiger charge is 2.29. The quantitative estimate of drug-likeness (QED) is 0.247. The van der Waals surface area contributed by atoms with Gasteiger partial charge in [-0.2, -0.15) is 0 Å². The molecule has 0 bridgehead atoms. The molecule has 5 rings (SSSR count). The minimum absolute atomic E-state index is 0.250. The molecule has 0 amide bonds. The summed E-state index contributed by atoms with van der Waals surface area (Å²) >= 11 is 0. The average Bonchev–Trinajstić information content (AvgIpc) is 3.27. The van der Waals surface area contributed by atoms with Crippen molar-refractivity contribution in [2.24, 2.45) is 0 Å². The molecular formula is C34H47N5O4. The number of aryl methyl sites for hydroxylation is 2. The molecule has 232 valence electrons. The molecule has 9 nitrogen and oxygen atoms in total. The van der Waals surface area contributed by atoms with E-state index >= 15 is 0 Å². The van der Waals surface area contributed by atoms with Crippen LogP contribution in [0.2, 0.25) is 0 Å². The zero-order chi connectivity index (χ0) is 31.9. The molecule has 1 aliphatic heterocycles. The van der Waals surface area contributed by atoms with Crippen LogP contribution in [0, 0.1) is 20.8 Å². The molecule has 0 atom stereocenters. The van der Waals surface area contributed by atoms with E-state index in [1.54, 1.807) is 33.2 Å². The van der Waals surface area contributed by atoms with Gasteiger partial charge in [0.1, 0.15) is 6.61 Å². The van der Waals surface area contributed by atoms with Crippen LogP contribution in [0.15, 0.2) is 42.7 Å². The van der Waals surface area contributed by atoms with Crippen LogP contribution in [0.1, 0.15) is 50.1 Å². The summed E-state index contributed by atoms with van der Waals surface area (Å²) in [5.74, 6) is 1.43. The number of rotatable bonds is 7. The molecule has 0 spiro atoms. The first-order valence-corrected chi connectivity index (χ1v) is 14.7. The molecule has 0 unspecified atom stereocenters. The van der Waals surface area contributed by atoms with Gasteiger partial charge in [-0.25, -0.2) is 9.97 Å². The fourth-order valence-corrected chi connectivity index (χ4v) is 5.28. The van der Waals surface area contributed by atoms with Crippen molar-refractivity contribution in [2.45, 2.75) is 67.0 Å². The van der Waals surface area contributed by atoms with Crippen LogP contribution >= 0.6 is 0 Å². The van der Waals surface area contributed by atoms with Crippen LogP contribution in [-0.2, 0) is 17.8 Å². The molecule has 2 aromatic heterocycles. The molecule has 2 aromatic carbocycles. The maximum Gasteiger partial charge on any atom is 0.290 e. The van der Waals surface area contributed by atoms with Gasteiger partial charge in [0.05, 0.1) is 29.2 Å². The highest BCUT2D eigenvalue weighted by atomic mass is 16.5. The Hall–Kier alpha value is -3.95. The molecular weight excluding hydrogens is 542 g/mol. The Bertz CT molecular complexity index is 1500. The van der Waals surface area contributed by atoms with Crippen LogP contribution in [0.4, 0.5) is 11.6 Å². The lowest BCUT2D eigenvalue weighted by Gasteiger charge is -2.33. The molecule has 1 aliphatic rings. The minimum atomic E-state index is -0.500. The third-order valence-electron chi connectivity index (χ3n) is 7.08. The molecule has 3 heterocycles. The van der Waals surface area contributed by atoms with Crippen molar-refractivity contribution in [3.8, 4) is 16.9 Å². The topological polar surface area (TPSA) is 104 Å². The Morgan fingerprint density at radius 1 is 1.05 bits per heavy atom. The van der Waals surface area contributed by atoms with E-state index in [1.807, 2.05) is 14.1 Å². The largest absolute Gasteiger partial charge is 0.489 e. The molecule has 0 fully saturated rings. The van der Waals surface area contributed by atoms with E-state index in [4.69, 9.17) is 29.7 Å². The number of benzene rings is 2. The first-order chi connectivity index (χ1) is 20.3. The first kappa shape index (κ1) is 33.6. The molecule has 0 radical (unpaired) electrons. The molecule has 2 N–H and O–H groups in total. The first-order valence-electron chi connectivity index (χ1n) is 14.7. The number of likely N-dealkylation sites (N-methyl/N-ethyl adjacent to an activating group) is 1. The van der Waals surface area contributed by atoms with E-state index in [0.717, 1.165) is 32.0 Å². The zero-order valence-corrected chi connectivity index (χ0v) is 27.1. The summed E-state index contributed by atoms with van der Waals surface area (Å²) in [5, 5.41) is 16.7. The van der Waals surface area contributed by atoms with Crippen molar-refractivity contribution < 1.29 is 19.7 Å². The Morgan fingerprint density at radius 2 is 1.63 bits per heavy atom. The molecule has 0 saturated heterocycles.